The third kappa shape index (κ3) is 4.02. The van der Waals surface area contributed by atoms with Crippen molar-refractivity contribution in [1.82, 2.24) is 15.5 Å². The lowest BCUT2D eigenvalue weighted by atomic mass is 9.94. The minimum Gasteiger partial charge on any atom is -0.467 e. The predicted molar refractivity (Wildman–Crippen MR) is 97.0 cm³/mol. The van der Waals surface area contributed by atoms with Gasteiger partial charge in [-0.1, -0.05) is 30.3 Å². The zero-order valence-corrected chi connectivity index (χ0v) is 14.6. The summed E-state index contributed by atoms with van der Waals surface area (Å²) in [6.45, 7) is 1.24. The number of furan rings is 1. The summed E-state index contributed by atoms with van der Waals surface area (Å²) in [7, 11) is 3.61. The van der Waals surface area contributed by atoms with Crippen LogP contribution in [0.5, 0.6) is 0 Å². The minimum absolute atomic E-state index is 0.0874. The molecule has 6 heteroatoms. The summed E-state index contributed by atoms with van der Waals surface area (Å²) in [5.41, 5.74) is 1.17. The standard InChI is InChI=1S/C19H24N4O2/c1-20-19(22-13-16-9-6-10-25-16)21-12-15-11-17(24)23(2)18(15)14-7-4-3-5-8-14/h3-10,15,18H,11-13H2,1-2H3,(H2,20,21,22). The van der Waals surface area contributed by atoms with Crippen LogP contribution in [-0.2, 0) is 11.3 Å². The summed E-state index contributed by atoms with van der Waals surface area (Å²) >= 11 is 0. The van der Waals surface area contributed by atoms with Crippen molar-refractivity contribution in [3.05, 3.63) is 60.1 Å². The largest absolute Gasteiger partial charge is 0.467 e. The Balaban J connectivity index is 1.61. The zero-order valence-electron chi connectivity index (χ0n) is 14.6. The molecule has 2 aromatic rings. The molecule has 0 spiro atoms. The second-order valence-corrected chi connectivity index (χ2v) is 6.21. The molecule has 132 valence electrons. The Labute approximate surface area is 147 Å². The van der Waals surface area contributed by atoms with Gasteiger partial charge in [0.1, 0.15) is 5.76 Å². The number of rotatable bonds is 5. The molecule has 2 heterocycles. The van der Waals surface area contributed by atoms with E-state index in [9.17, 15) is 4.79 Å². The van der Waals surface area contributed by atoms with E-state index in [1.165, 1.54) is 5.56 Å². The van der Waals surface area contributed by atoms with Crippen LogP contribution in [0.3, 0.4) is 0 Å². The Morgan fingerprint density at radius 3 is 2.72 bits per heavy atom. The summed E-state index contributed by atoms with van der Waals surface area (Å²) in [4.78, 5) is 18.3. The molecule has 2 N–H and O–H groups in total. The van der Waals surface area contributed by atoms with Crippen LogP contribution >= 0.6 is 0 Å². The van der Waals surface area contributed by atoms with E-state index in [0.717, 1.165) is 5.76 Å². The number of likely N-dealkylation sites (tertiary alicyclic amines) is 1. The molecule has 0 aliphatic carbocycles. The van der Waals surface area contributed by atoms with Gasteiger partial charge in [-0.25, -0.2) is 0 Å². The Bertz CT molecular complexity index is 712. The van der Waals surface area contributed by atoms with Crippen molar-refractivity contribution in [2.24, 2.45) is 10.9 Å². The highest BCUT2D eigenvalue weighted by Gasteiger charge is 2.38. The average Bonchev–Trinajstić information content (AvgIpc) is 3.25. The zero-order chi connectivity index (χ0) is 17.6. The van der Waals surface area contributed by atoms with Crippen LogP contribution < -0.4 is 10.6 Å². The molecular weight excluding hydrogens is 316 g/mol. The molecule has 0 saturated carbocycles. The van der Waals surface area contributed by atoms with E-state index in [2.05, 4.69) is 27.8 Å². The van der Waals surface area contributed by atoms with Crippen LogP contribution in [0.25, 0.3) is 0 Å². The lowest BCUT2D eigenvalue weighted by molar-refractivity contribution is -0.127. The molecule has 1 aliphatic heterocycles. The van der Waals surface area contributed by atoms with Crippen LogP contribution in [-0.4, -0.2) is 37.4 Å². The fourth-order valence-corrected chi connectivity index (χ4v) is 3.31. The first kappa shape index (κ1) is 17.1. The highest BCUT2D eigenvalue weighted by molar-refractivity contribution is 5.81. The van der Waals surface area contributed by atoms with E-state index >= 15 is 0 Å². The smallest absolute Gasteiger partial charge is 0.223 e. The van der Waals surface area contributed by atoms with Gasteiger partial charge in [0.15, 0.2) is 5.96 Å². The van der Waals surface area contributed by atoms with Gasteiger partial charge in [-0.15, -0.1) is 0 Å². The summed E-state index contributed by atoms with van der Waals surface area (Å²) in [5, 5.41) is 6.55. The molecular formula is C19H24N4O2. The van der Waals surface area contributed by atoms with Crippen molar-refractivity contribution in [1.29, 1.82) is 0 Å². The maximum absolute atomic E-state index is 12.2. The van der Waals surface area contributed by atoms with Crippen molar-refractivity contribution < 1.29 is 9.21 Å². The van der Waals surface area contributed by atoms with E-state index in [1.54, 1.807) is 13.3 Å². The third-order valence-corrected chi connectivity index (χ3v) is 4.60. The molecule has 1 amide bonds. The molecule has 1 aromatic heterocycles. The number of nitrogens with one attached hydrogen (secondary N) is 2. The average molecular weight is 340 g/mol. The van der Waals surface area contributed by atoms with Crippen LogP contribution in [0.1, 0.15) is 23.8 Å². The molecule has 3 rings (SSSR count). The van der Waals surface area contributed by atoms with Gasteiger partial charge in [-0.3, -0.25) is 9.79 Å². The maximum Gasteiger partial charge on any atom is 0.223 e. The van der Waals surface area contributed by atoms with Gasteiger partial charge in [0, 0.05) is 33.0 Å². The molecule has 2 unspecified atom stereocenters. The summed E-state index contributed by atoms with van der Waals surface area (Å²) in [5.74, 6) is 1.92. The van der Waals surface area contributed by atoms with E-state index in [-0.39, 0.29) is 17.9 Å². The highest BCUT2D eigenvalue weighted by Crippen LogP contribution is 2.36. The lowest BCUT2D eigenvalue weighted by Crippen LogP contribution is -2.40. The highest BCUT2D eigenvalue weighted by atomic mass is 16.3. The molecule has 6 nitrogen and oxygen atoms in total. The Kier molecular flexibility index (Phi) is 5.38. The van der Waals surface area contributed by atoms with E-state index in [4.69, 9.17) is 4.42 Å². The van der Waals surface area contributed by atoms with Crippen molar-refractivity contribution in [2.45, 2.75) is 19.0 Å². The van der Waals surface area contributed by atoms with Gasteiger partial charge in [-0.2, -0.15) is 0 Å². The normalized spacial score (nSPS) is 20.8. The van der Waals surface area contributed by atoms with E-state index in [1.807, 2.05) is 42.3 Å². The van der Waals surface area contributed by atoms with Gasteiger partial charge in [0.25, 0.3) is 0 Å². The first-order valence-corrected chi connectivity index (χ1v) is 8.46. The number of amides is 1. The SMILES string of the molecule is CN=C(NCc1ccco1)NCC1CC(=O)N(C)C1c1ccccc1. The molecule has 1 fully saturated rings. The quantitative estimate of drug-likeness (QED) is 0.646. The number of nitrogens with zero attached hydrogens (tertiary/aromatic N) is 2. The molecule has 25 heavy (non-hydrogen) atoms. The summed E-state index contributed by atoms with van der Waals surface area (Å²) in [6, 6.07) is 14.0. The Morgan fingerprint density at radius 2 is 2.04 bits per heavy atom. The molecule has 2 atom stereocenters. The molecule has 1 aliphatic rings. The van der Waals surface area contributed by atoms with E-state index in [0.29, 0.717) is 25.5 Å². The number of guanidine groups is 1. The van der Waals surface area contributed by atoms with E-state index < -0.39 is 0 Å². The number of carbonyl (C=O) groups excluding carboxylic acids is 1. The summed E-state index contributed by atoms with van der Waals surface area (Å²) < 4.78 is 5.31. The fraction of sp³-hybridized carbons (Fsp3) is 0.368. The van der Waals surface area contributed by atoms with Gasteiger partial charge in [0.2, 0.25) is 5.91 Å². The lowest BCUT2D eigenvalue weighted by Gasteiger charge is -2.26. The number of carbonyl (C=O) groups is 1. The van der Waals surface area contributed by atoms with Crippen LogP contribution in [0.15, 0.2) is 58.1 Å². The predicted octanol–water partition coefficient (Wildman–Crippen LogP) is 2.16. The van der Waals surface area contributed by atoms with Gasteiger partial charge in [-0.05, 0) is 17.7 Å². The van der Waals surface area contributed by atoms with Crippen molar-refractivity contribution in [2.75, 3.05) is 20.6 Å². The van der Waals surface area contributed by atoms with Gasteiger partial charge in [0.05, 0.1) is 18.8 Å². The number of benzene rings is 1. The Morgan fingerprint density at radius 1 is 1.24 bits per heavy atom. The fourth-order valence-electron chi connectivity index (χ4n) is 3.31. The second-order valence-electron chi connectivity index (χ2n) is 6.21. The van der Waals surface area contributed by atoms with Crippen LogP contribution in [0.4, 0.5) is 0 Å². The molecule has 1 saturated heterocycles. The number of hydrogen-bond donors (Lipinski definition) is 2. The number of hydrogen-bond acceptors (Lipinski definition) is 3. The maximum atomic E-state index is 12.2. The Hall–Kier alpha value is -2.76. The number of aliphatic imine (C=N–C) groups is 1. The third-order valence-electron chi connectivity index (χ3n) is 4.60. The van der Waals surface area contributed by atoms with Gasteiger partial charge < -0.3 is 20.0 Å². The second kappa shape index (κ2) is 7.88. The summed E-state index contributed by atoms with van der Waals surface area (Å²) in [6.07, 6.45) is 2.19. The monoisotopic (exact) mass is 340 g/mol. The first-order chi connectivity index (χ1) is 12.2. The van der Waals surface area contributed by atoms with Crippen LogP contribution in [0.2, 0.25) is 0 Å². The van der Waals surface area contributed by atoms with Crippen molar-refractivity contribution >= 4 is 11.9 Å². The molecule has 0 bridgehead atoms. The van der Waals surface area contributed by atoms with Gasteiger partial charge >= 0.3 is 0 Å². The van der Waals surface area contributed by atoms with Crippen molar-refractivity contribution in [3.63, 3.8) is 0 Å². The first-order valence-electron chi connectivity index (χ1n) is 8.46. The molecule has 0 radical (unpaired) electrons. The minimum atomic E-state index is 0.0874. The molecule has 1 aromatic carbocycles. The topological polar surface area (TPSA) is 69.9 Å². The van der Waals surface area contributed by atoms with Crippen molar-refractivity contribution in [3.8, 4) is 0 Å². The van der Waals surface area contributed by atoms with Crippen LogP contribution in [0, 0.1) is 5.92 Å².